The molecule has 0 aromatic carbocycles. The van der Waals surface area contributed by atoms with Crippen LogP contribution in [0.5, 0.6) is 0 Å². The Morgan fingerprint density at radius 1 is 1.00 bits per heavy atom. The molecule has 29 heavy (non-hydrogen) atoms. The van der Waals surface area contributed by atoms with E-state index in [0.717, 1.165) is 0 Å². The van der Waals surface area contributed by atoms with Crippen molar-refractivity contribution in [3.8, 4) is 11.8 Å². The zero-order valence-corrected chi connectivity index (χ0v) is 15.4. The van der Waals surface area contributed by atoms with Crippen LogP contribution in [0.25, 0.3) is 0 Å². The van der Waals surface area contributed by atoms with E-state index >= 15 is 0 Å². The molecule has 0 aliphatic rings. The Bertz CT molecular complexity index is 717. The molecule has 0 spiro atoms. The van der Waals surface area contributed by atoms with Crippen molar-refractivity contribution in [1.82, 2.24) is 15.0 Å². The maximum Gasteiger partial charge on any atom is 0.304 e. The topological polar surface area (TPSA) is 100 Å². The van der Waals surface area contributed by atoms with Crippen molar-refractivity contribution in [2.24, 2.45) is 5.41 Å². The van der Waals surface area contributed by atoms with E-state index in [1.54, 1.807) is 0 Å². The Morgan fingerprint density at radius 2 is 1.45 bits per heavy atom. The van der Waals surface area contributed by atoms with Gasteiger partial charge in [-0.15, -0.1) is 0 Å². The van der Waals surface area contributed by atoms with Gasteiger partial charge in [0.05, 0.1) is 6.42 Å². The van der Waals surface area contributed by atoms with Crippen LogP contribution in [0.15, 0.2) is 0 Å². The van der Waals surface area contributed by atoms with Crippen LogP contribution in [-0.4, -0.2) is 64.3 Å². The largest absolute Gasteiger partial charge is 0.481 e. The fraction of sp³-hybridized carbons (Fsp3) is 0.625. The molecule has 7 nitrogen and oxygen atoms in total. The van der Waals surface area contributed by atoms with Crippen LogP contribution in [0.4, 0.5) is 38.2 Å². The van der Waals surface area contributed by atoms with Crippen LogP contribution < -0.4 is 10.6 Å². The molecule has 0 bridgehead atoms. The molecule has 1 aromatic heterocycles. The van der Waals surface area contributed by atoms with Crippen LogP contribution >= 0.6 is 0 Å². The van der Waals surface area contributed by atoms with Gasteiger partial charge in [0.25, 0.3) is 12.9 Å². The number of hydrogen-bond donors (Lipinski definition) is 3. The molecule has 3 N–H and O–H groups in total. The highest BCUT2D eigenvalue weighted by Gasteiger charge is 2.24. The summed E-state index contributed by atoms with van der Waals surface area (Å²) in [5, 5.41) is 12.8. The third-order valence-electron chi connectivity index (χ3n) is 3.31. The summed E-state index contributed by atoms with van der Waals surface area (Å²) in [5.74, 6) is 2.22. The second kappa shape index (κ2) is 10.7. The molecule has 2 atom stereocenters. The number of carboxylic acids is 1. The summed E-state index contributed by atoms with van der Waals surface area (Å²) in [5.41, 5.74) is -1.03. The molecule has 162 valence electrons. The molecule has 0 saturated carbocycles. The zero-order chi connectivity index (χ0) is 22.2. The number of nitrogens with one attached hydrogen (secondary N) is 2. The van der Waals surface area contributed by atoms with E-state index in [1.807, 2.05) is 10.6 Å². The number of rotatable bonds is 10. The Labute approximate surface area is 162 Å². The molecule has 2 unspecified atom stereocenters. The lowest BCUT2D eigenvalue weighted by molar-refractivity contribution is -0.138. The number of alkyl halides is 6. The van der Waals surface area contributed by atoms with E-state index in [2.05, 4.69) is 26.8 Å². The lowest BCUT2D eigenvalue weighted by atomic mass is 9.90. The molecule has 1 aromatic rings. The van der Waals surface area contributed by atoms with Crippen LogP contribution in [-0.2, 0) is 4.79 Å². The molecule has 1 rings (SSSR count). The highest BCUT2D eigenvalue weighted by molar-refractivity contribution is 5.68. The predicted octanol–water partition coefficient (Wildman–Crippen LogP) is 2.75. The fourth-order valence-electron chi connectivity index (χ4n) is 1.88. The van der Waals surface area contributed by atoms with E-state index in [-0.39, 0.29) is 6.42 Å². The Kier molecular flexibility index (Phi) is 8.93. The molecular formula is C16H19F6N5O2. The average Bonchev–Trinajstić information content (AvgIpc) is 2.61. The van der Waals surface area contributed by atoms with E-state index in [4.69, 9.17) is 5.11 Å². The number of anilines is 2. The van der Waals surface area contributed by atoms with Crippen LogP contribution in [0.1, 0.15) is 26.1 Å². The second-order valence-electron chi connectivity index (χ2n) is 6.49. The lowest BCUT2D eigenvalue weighted by Gasteiger charge is -2.17. The molecule has 0 amide bonds. The number of halogens is 6. The van der Waals surface area contributed by atoms with Crippen LogP contribution in [0.3, 0.4) is 0 Å². The Balaban J connectivity index is 3.28. The van der Waals surface area contributed by atoms with Gasteiger partial charge >= 0.3 is 5.97 Å². The Morgan fingerprint density at radius 3 is 1.79 bits per heavy atom. The first-order valence-electron chi connectivity index (χ1n) is 8.19. The minimum Gasteiger partial charge on any atom is -0.481 e. The van der Waals surface area contributed by atoms with Crippen molar-refractivity contribution in [1.29, 1.82) is 0 Å². The van der Waals surface area contributed by atoms with Crippen molar-refractivity contribution in [3.05, 3.63) is 5.82 Å². The summed E-state index contributed by atoms with van der Waals surface area (Å²) in [6.45, 7) is 0.0325. The van der Waals surface area contributed by atoms with Gasteiger partial charge in [0, 0.05) is 5.41 Å². The van der Waals surface area contributed by atoms with Crippen molar-refractivity contribution < 1.29 is 36.2 Å². The standard InChI is InChI=1S/C16H19F6N5O2/c1-16(2,5-11(28)29)4-3-10-25-14(23-8(6-17)12(19)20)27-15(26-10)24-9(7-18)13(21)22/h8-9,12-13H,5-7H2,1-2H3,(H,28,29)(H2,23,24,25,26,27). The number of carbonyl (C=O) groups is 1. The molecule has 0 fully saturated rings. The third kappa shape index (κ3) is 8.41. The van der Waals surface area contributed by atoms with E-state index in [0.29, 0.717) is 0 Å². The maximum atomic E-state index is 12.8. The molecule has 0 saturated heterocycles. The first-order chi connectivity index (χ1) is 13.5. The summed E-state index contributed by atoms with van der Waals surface area (Å²) in [4.78, 5) is 21.8. The van der Waals surface area contributed by atoms with Gasteiger partial charge in [0.2, 0.25) is 17.7 Å². The van der Waals surface area contributed by atoms with Crippen molar-refractivity contribution in [2.45, 2.75) is 45.2 Å². The molecule has 0 aliphatic heterocycles. The summed E-state index contributed by atoms with van der Waals surface area (Å²) in [7, 11) is 0. The third-order valence-corrected chi connectivity index (χ3v) is 3.31. The average molecular weight is 427 g/mol. The van der Waals surface area contributed by atoms with Gasteiger partial charge in [-0.25, -0.2) is 26.3 Å². The first-order valence-corrected chi connectivity index (χ1v) is 8.19. The summed E-state index contributed by atoms with van der Waals surface area (Å²) in [6, 6.07) is -3.97. The van der Waals surface area contributed by atoms with Crippen molar-refractivity contribution >= 4 is 17.9 Å². The fourth-order valence-corrected chi connectivity index (χ4v) is 1.88. The summed E-state index contributed by atoms with van der Waals surface area (Å²) in [6.07, 6.45) is -6.60. The summed E-state index contributed by atoms with van der Waals surface area (Å²) < 4.78 is 76.5. The van der Waals surface area contributed by atoms with Gasteiger partial charge in [0.1, 0.15) is 25.4 Å². The Hall–Kier alpha value is -2.78. The van der Waals surface area contributed by atoms with Gasteiger partial charge in [0.15, 0.2) is 0 Å². The van der Waals surface area contributed by atoms with E-state index < -0.39 is 67.4 Å². The number of hydrogen-bond acceptors (Lipinski definition) is 6. The van der Waals surface area contributed by atoms with E-state index in [9.17, 15) is 31.1 Å². The van der Waals surface area contributed by atoms with Crippen molar-refractivity contribution in [2.75, 3.05) is 24.0 Å². The normalized spacial score (nSPS) is 13.6. The van der Waals surface area contributed by atoms with Crippen molar-refractivity contribution in [3.63, 3.8) is 0 Å². The van der Waals surface area contributed by atoms with Crippen LogP contribution in [0, 0.1) is 17.3 Å². The monoisotopic (exact) mass is 427 g/mol. The van der Waals surface area contributed by atoms with Crippen LogP contribution in [0.2, 0.25) is 0 Å². The smallest absolute Gasteiger partial charge is 0.304 e. The number of nitrogens with zero attached hydrogens (tertiary/aromatic N) is 3. The summed E-state index contributed by atoms with van der Waals surface area (Å²) >= 11 is 0. The van der Waals surface area contributed by atoms with E-state index in [1.165, 1.54) is 13.8 Å². The minimum atomic E-state index is -3.13. The molecule has 0 aliphatic carbocycles. The molecule has 1 heterocycles. The predicted molar refractivity (Wildman–Crippen MR) is 91.5 cm³/mol. The molecule has 0 radical (unpaired) electrons. The van der Waals surface area contributed by atoms with Gasteiger partial charge < -0.3 is 15.7 Å². The maximum absolute atomic E-state index is 12.8. The highest BCUT2D eigenvalue weighted by Crippen LogP contribution is 2.19. The first kappa shape index (κ1) is 24.3. The van der Waals surface area contributed by atoms with Gasteiger partial charge in [-0.3, -0.25) is 4.79 Å². The van der Waals surface area contributed by atoms with Gasteiger partial charge in [-0.1, -0.05) is 5.92 Å². The highest BCUT2D eigenvalue weighted by atomic mass is 19.3. The number of carboxylic acid groups (broad SMARTS) is 1. The second-order valence-corrected chi connectivity index (χ2v) is 6.49. The lowest BCUT2D eigenvalue weighted by Crippen LogP contribution is -2.33. The number of aliphatic carboxylic acids is 1. The van der Waals surface area contributed by atoms with Gasteiger partial charge in [-0.05, 0) is 19.8 Å². The van der Waals surface area contributed by atoms with Gasteiger partial charge in [-0.2, -0.15) is 15.0 Å². The quantitative estimate of drug-likeness (QED) is 0.390. The number of aromatic nitrogens is 3. The molecular weight excluding hydrogens is 408 g/mol. The molecule has 13 heteroatoms. The zero-order valence-electron chi connectivity index (χ0n) is 15.4. The SMILES string of the molecule is CC(C)(C#Cc1nc(NC(CF)C(F)F)nc(NC(CF)C(F)F)n1)CC(=O)O. The minimum absolute atomic E-state index is 0.341.